The molecule has 24 heavy (non-hydrogen) atoms. The van der Waals surface area contributed by atoms with E-state index < -0.39 is 24.9 Å². The average Bonchev–Trinajstić information content (AvgIpc) is 2.92. The second-order valence-electron chi connectivity index (χ2n) is 5.61. The van der Waals surface area contributed by atoms with Crippen LogP contribution in [-0.2, 0) is 4.79 Å². The molecule has 5 nitrogen and oxygen atoms in total. The van der Waals surface area contributed by atoms with Gasteiger partial charge in [-0.25, -0.2) is 0 Å². The summed E-state index contributed by atoms with van der Waals surface area (Å²) in [5.74, 6) is 0.251. The highest BCUT2D eigenvalue weighted by molar-refractivity contribution is 6.00. The third kappa shape index (κ3) is 3.81. The van der Waals surface area contributed by atoms with E-state index in [1.807, 2.05) is 0 Å². The first kappa shape index (κ1) is 18.5. The van der Waals surface area contributed by atoms with Crippen LogP contribution >= 0.6 is 0 Å². The number of carbonyl (C=O) groups excluding carboxylic acids is 1. The van der Waals surface area contributed by atoms with E-state index in [-0.39, 0.29) is 12.5 Å². The molecule has 0 unspecified atom stereocenters. The van der Waals surface area contributed by atoms with E-state index in [0.717, 1.165) is 0 Å². The van der Waals surface area contributed by atoms with Crippen LogP contribution in [0.5, 0.6) is 5.75 Å². The molecule has 1 fully saturated rings. The predicted octanol–water partition coefficient (Wildman–Crippen LogP) is 2.05. The van der Waals surface area contributed by atoms with E-state index in [2.05, 4.69) is 0 Å². The standard InChI is InChI=1S/C16H21F3N2O3/c1-3-20(10-14(22)16(17,18)19)12-8-9-21(15(12)23)11-6-4-5-7-13(11)24-2/h4-7,12,14,22H,3,8-10H2,1-2H3/t12-,14+/m1/s1. The first-order valence-electron chi connectivity index (χ1n) is 7.72. The molecule has 0 spiro atoms. The van der Waals surface area contributed by atoms with E-state index in [1.165, 1.54) is 16.9 Å². The molecule has 1 N–H and O–H groups in total. The van der Waals surface area contributed by atoms with Crippen LogP contribution in [0.25, 0.3) is 0 Å². The SMILES string of the molecule is CCN(C[C@H](O)C(F)(F)F)[C@@H]1CCN(c2ccccc2OC)C1=O. The summed E-state index contributed by atoms with van der Waals surface area (Å²) in [6, 6.07) is 6.32. The van der Waals surface area contributed by atoms with E-state index in [9.17, 15) is 23.1 Å². The number of aliphatic hydroxyl groups is 1. The summed E-state index contributed by atoms with van der Waals surface area (Å²) in [5.41, 5.74) is 0.597. The number of amides is 1. The molecule has 1 amide bonds. The Morgan fingerprint density at radius 3 is 2.67 bits per heavy atom. The molecule has 0 bridgehead atoms. The monoisotopic (exact) mass is 346 g/mol. The number of likely N-dealkylation sites (N-methyl/N-ethyl adjacent to an activating group) is 1. The lowest BCUT2D eigenvalue weighted by Crippen LogP contribution is -2.48. The maximum atomic E-state index is 12.7. The minimum absolute atomic E-state index is 0.239. The van der Waals surface area contributed by atoms with Crippen LogP contribution in [0.2, 0.25) is 0 Å². The van der Waals surface area contributed by atoms with Gasteiger partial charge in [-0.3, -0.25) is 9.69 Å². The van der Waals surface area contributed by atoms with Gasteiger partial charge in [-0.15, -0.1) is 0 Å². The fourth-order valence-electron chi connectivity index (χ4n) is 2.90. The molecule has 1 aromatic rings. The molecule has 0 saturated carbocycles. The average molecular weight is 346 g/mol. The molecule has 2 atom stereocenters. The Hall–Kier alpha value is -1.80. The largest absolute Gasteiger partial charge is 0.495 e. The molecule has 1 aliphatic heterocycles. The van der Waals surface area contributed by atoms with Crippen molar-refractivity contribution in [3.05, 3.63) is 24.3 Å². The van der Waals surface area contributed by atoms with Crippen molar-refractivity contribution in [2.45, 2.75) is 31.7 Å². The van der Waals surface area contributed by atoms with Crippen molar-refractivity contribution in [1.29, 1.82) is 0 Å². The number of nitrogens with zero attached hydrogens (tertiary/aromatic N) is 2. The van der Waals surface area contributed by atoms with Crippen LogP contribution < -0.4 is 9.64 Å². The highest BCUT2D eigenvalue weighted by Crippen LogP contribution is 2.32. The Labute approximate surface area is 138 Å². The summed E-state index contributed by atoms with van der Waals surface area (Å²) >= 11 is 0. The number of anilines is 1. The topological polar surface area (TPSA) is 53.0 Å². The molecule has 0 aliphatic carbocycles. The summed E-state index contributed by atoms with van der Waals surface area (Å²) in [6.45, 7) is 1.68. The van der Waals surface area contributed by atoms with Gasteiger partial charge in [-0.05, 0) is 25.1 Å². The molecule has 8 heteroatoms. The van der Waals surface area contributed by atoms with Gasteiger partial charge in [-0.2, -0.15) is 13.2 Å². The number of carbonyl (C=O) groups is 1. The fourth-order valence-corrected chi connectivity index (χ4v) is 2.90. The summed E-state index contributed by atoms with van der Waals surface area (Å²) < 4.78 is 43.0. The van der Waals surface area contributed by atoms with Crippen LogP contribution in [0.1, 0.15) is 13.3 Å². The second-order valence-corrected chi connectivity index (χ2v) is 5.61. The zero-order valence-electron chi connectivity index (χ0n) is 13.6. The van der Waals surface area contributed by atoms with E-state index in [4.69, 9.17) is 4.74 Å². The minimum Gasteiger partial charge on any atom is -0.495 e. The number of methoxy groups -OCH3 is 1. The normalized spacial score (nSPS) is 19.9. The number of benzene rings is 1. The third-order valence-electron chi connectivity index (χ3n) is 4.19. The molecule has 1 heterocycles. The Morgan fingerprint density at radius 1 is 1.42 bits per heavy atom. The Kier molecular flexibility index (Phi) is 5.71. The number of para-hydroxylation sites is 2. The van der Waals surface area contributed by atoms with Crippen molar-refractivity contribution in [2.24, 2.45) is 0 Å². The van der Waals surface area contributed by atoms with Gasteiger partial charge in [0.2, 0.25) is 5.91 Å². The van der Waals surface area contributed by atoms with Gasteiger partial charge in [-0.1, -0.05) is 19.1 Å². The van der Waals surface area contributed by atoms with Gasteiger partial charge in [0.25, 0.3) is 0 Å². The second kappa shape index (κ2) is 7.40. The zero-order valence-corrected chi connectivity index (χ0v) is 13.6. The van der Waals surface area contributed by atoms with Crippen molar-refractivity contribution in [2.75, 3.05) is 31.6 Å². The quantitative estimate of drug-likeness (QED) is 0.857. The molecule has 1 saturated heterocycles. The summed E-state index contributed by atoms with van der Waals surface area (Å²) in [4.78, 5) is 15.6. The van der Waals surface area contributed by atoms with Crippen molar-refractivity contribution < 1.29 is 27.8 Å². The number of hydrogen-bond donors (Lipinski definition) is 1. The number of halogens is 3. The Morgan fingerprint density at radius 2 is 2.08 bits per heavy atom. The number of alkyl halides is 3. The van der Waals surface area contributed by atoms with Crippen molar-refractivity contribution >= 4 is 11.6 Å². The van der Waals surface area contributed by atoms with Crippen LogP contribution in [0.3, 0.4) is 0 Å². The summed E-state index contributed by atoms with van der Waals surface area (Å²) in [6.07, 6.45) is -6.77. The number of rotatable bonds is 6. The molecule has 2 rings (SSSR count). The highest BCUT2D eigenvalue weighted by Gasteiger charge is 2.43. The maximum absolute atomic E-state index is 12.7. The molecule has 0 aromatic heterocycles. The van der Waals surface area contributed by atoms with Gasteiger partial charge in [0.15, 0.2) is 6.10 Å². The smallest absolute Gasteiger partial charge is 0.415 e. The first-order valence-corrected chi connectivity index (χ1v) is 7.72. The lowest BCUT2D eigenvalue weighted by atomic mass is 10.2. The van der Waals surface area contributed by atoms with Gasteiger partial charge >= 0.3 is 6.18 Å². The van der Waals surface area contributed by atoms with Gasteiger partial charge in [0.05, 0.1) is 18.8 Å². The van der Waals surface area contributed by atoms with E-state index in [0.29, 0.717) is 24.4 Å². The Bertz CT molecular complexity index is 580. The van der Waals surface area contributed by atoms with Crippen LogP contribution in [0, 0.1) is 0 Å². The lowest BCUT2D eigenvalue weighted by Gasteiger charge is -2.29. The summed E-state index contributed by atoms with van der Waals surface area (Å²) in [7, 11) is 1.49. The van der Waals surface area contributed by atoms with E-state index in [1.54, 1.807) is 31.2 Å². The van der Waals surface area contributed by atoms with E-state index >= 15 is 0 Å². The molecular weight excluding hydrogens is 325 g/mol. The zero-order chi connectivity index (χ0) is 17.9. The Balaban J connectivity index is 2.15. The highest BCUT2D eigenvalue weighted by atomic mass is 19.4. The van der Waals surface area contributed by atoms with Gasteiger partial charge < -0.3 is 14.7 Å². The number of hydrogen-bond acceptors (Lipinski definition) is 4. The number of aliphatic hydroxyl groups excluding tert-OH is 1. The van der Waals surface area contributed by atoms with Crippen molar-refractivity contribution in [3.63, 3.8) is 0 Å². The predicted molar refractivity (Wildman–Crippen MR) is 83.1 cm³/mol. The molecular formula is C16H21F3N2O3. The molecule has 134 valence electrons. The summed E-state index contributed by atoms with van der Waals surface area (Å²) in [5, 5.41) is 9.29. The van der Waals surface area contributed by atoms with Gasteiger partial charge in [0, 0.05) is 13.1 Å². The van der Waals surface area contributed by atoms with Crippen LogP contribution in [0.15, 0.2) is 24.3 Å². The third-order valence-corrected chi connectivity index (χ3v) is 4.19. The lowest BCUT2D eigenvalue weighted by molar-refractivity contribution is -0.209. The maximum Gasteiger partial charge on any atom is 0.415 e. The minimum atomic E-state index is -4.70. The van der Waals surface area contributed by atoms with Crippen molar-refractivity contribution in [3.8, 4) is 5.75 Å². The number of ether oxygens (including phenoxy) is 1. The first-order chi connectivity index (χ1) is 11.3. The molecule has 1 aliphatic rings. The molecule has 0 radical (unpaired) electrons. The van der Waals surface area contributed by atoms with Crippen LogP contribution in [-0.4, -0.2) is 61.0 Å². The van der Waals surface area contributed by atoms with Gasteiger partial charge in [0.1, 0.15) is 5.75 Å². The van der Waals surface area contributed by atoms with Crippen LogP contribution in [0.4, 0.5) is 18.9 Å². The molecule has 1 aromatic carbocycles. The van der Waals surface area contributed by atoms with Crippen molar-refractivity contribution in [1.82, 2.24) is 4.90 Å². The fraction of sp³-hybridized carbons (Fsp3) is 0.562.